The first-order valence-electron chi connectivity index (χ1n) is 5.51. The van der Waals surface area contributed by atoms with E-state index >= 15 is 0 Å². The van der Waals surface area contributed by atoms with E-state index in [4.69, 9.17) is 0 Å². The lowest BCUT2D eigenvalue weighted by Crippen LogP contribution is -2.31. The van der Waals surface area contributed by atoms with Crippen LogP contribution in [0.2, 0.25) is 0 Å². The van der Waals surface area contributed by atoms with Crippen LogP contribution in [0, 0.1) is 12.7 Å². The van der Waals surface area contributed by atoms with Crippen molar-refractivity contribution < 1.29 is 14.3 Å². The minimum atomic E-state index is -1.03. The van der Waals surface area contributed by atoms with Crippen molar-refractivity contribution >= 4 is 5.78 Å². The number of hydrogen-bond acceptors (Lipinski definition) is 2. The lowest BCUT2D eigenvalue weighted by molar-refractivity contribution is -0.125. The quantitative estimate of drug-likeness (QED) is 0.792. The molecule has 86 valence electrons. The maximum Gasteiger partial charge on any atom is 0.133 e. The highest BCUT2D eigenvalue weighted by atomic mass is 19.1. The molecule has 1 aliphatic carbocycles. The second-order valence-corrected chi connectivity index (χ2v) is 4.59. The molecule has 0 amide bonds. The maximum absolute atomic E-state index is 13.3. The average Bonchev–Trinajstić information content (AvgIpc) is 2.21. The van der Waals surface area contributed by atoms with Crippen LogP contribution in [0.4, 0.5) is 4.39 Å². The molecule has 1 saturated carbocycles. The number of aryl methyl sites for hydroxylation is 1. The molecule has 0 unspecified atom stereocenters. The number of carbonyl (C=O) groups is 1. The van der Waals surface area contributed by atoms with Crippen molar-refractivity contribution in [2.45, 2.75) is 38.2 Å². The van der Waals surface area contributed by atoms with Gasteiger partial charge in [-0.1, -0.05) is 6.07 Å². The fourth-order valence-electron chi connectivity index (χ4n) is 2.24. The Labute approximate surface area is 94.1 Å². The first kappa shape index (κ1) is 11.3. The van der Waals surface area contributed by atoms with Crippen molar-refractivity contribution in [3.8, 4) is 0 Å². The van der Waals surface area contributed by atoms with E-state index in [0.29, 0.717) is 31.2 Å². The van der Waals surface area contributed by atoms with Gasteiger partial charge in [-0.25, -0.2) is 4.39 Å². The Kier molecular flexibility index (Phi) is 2.80. The van der Waals surface area contributed by atoms with Crippen LogP contribution in [-0.4, -0.2) is 10.9 Å². The Morgan fingerprint density at radius 1 is 1.25 bits per heavy atom. The van der Waals surface area contributed by atoms with Crippen molar-refractivity contribution in [3.05, 3.63) is 35.1 Å². The van der Waals surface area contributed by atoms with Crippen LogP contribution in [0.1, 0.15) is 36.8 Å². The SMILES string of the molecule is Cc1cc(F)cc(C2(O)CCC(=O)CC2)c1. The van der Waals surface area contributed by atoms with Crippen molar-refractivity contribution in [1.82, 2.24) is 0 Å². The predicted molar refractivity (Wildman–Crippen MR) is 58.5 cm³/mol. The zero-order valence-corrected chi connectivity index (χ0v) is 9.29. The topological polar surface area (TPSA) is 37.3 Å². The van der Waals surface area contributed by atoms with E-state index in [2.05, 4.69) is 0 Å². The van der Waals surface area contributed by atoms with Gasteiger partial charge in [0.05, 0.1) is 5.60 Å². The Balaban J connectivity index is 2.32. The van der Waals surface area contributed by atoms with Crippen molar-refractivity contribution in [3.63, 3.8) is 0 Å². The molecule has 0 radical (unpaired) electrons. The average molecular weight is 222 g/mol. The number of ketones is 1. The molecule has 0 bridgehead atoms. The number of benzene rings is 1. The second kappa shape index (κ2) is 3.98. The van der Waals surface area contributed by atoms with Crippen LogP contribution >= 0.6 is 0 Å². The molecule has 1 N–H and O–H groups in total. The third-order valence-corrected chi connectivity index (χ3v) is 3.21. The molecule has 1 fully saturated rings. The zero-order valence-electron chi connectivity index (χ0n) is 9.29. The van der Waals surface area contributed by atoms with Crippen LogP contribution in [0.25, 0.3) is 0 Å². The molecule has 0 aromatic heterocycles. The molecule has 1 aromatic rings. The molecule has 0 aliphatic heterocycles. The van der Waals surface area contributed by atoms with E-state index in [0.717, 1.165) is 5.56 Å². The summed E-state index contributed by atoms with van der Waals surface area (Å²) < 4.78 is 13.3. The Bertz CT molecular complexity index is 396. The van der Waals surface area contributed by atoms with Gasteiger partial charge >= 0.3 is 0 Å². The zero-order chi connectivity index (χ0) is 11.8. The highest BCUT2D eigenvalue weighted by Crippen LogP contribution is 2.36. The summed E-state index contributed by atoms with van der Waals surface area (Å²) in [5, 5.41) is 10.4. The van der Waals surface area contributed by atoms with Crippen molar-refractivity contribution in [1.29, 1.82) is 0 Å². The largest absolute Gasteiger partial charge is 0.385 e. The smallest absolute Gasteiger partial charge is 0.133 e. The molecule has 2 rings (SSSR count). The fourth-order valence-corrected chi connectivity index (χ4v) is 2.24. The van der Waals surface area contributed by atoms with Crippen LogP contribution in [0.5, 0.6) is 0 Å². The maximum atomic E-state index is 13.3. The molecule has 2 nitrogen and oxygen atoms in total. The highest BCUT2D eigenvalue weighted by molar-refractivity contribution is 5.79. The summed E-state index contributed by atoms with van der Waals surface area (Å²) in [6.07, 6.45) is 1.56. The molecule has 0 spiro atoms. The molecule has 0 atom stereocenters. The van der Waals surface area contributed by atoms with Gasteiger partial charge in [-0.15, -0.1) is 0 Å². The van der Waals surface area contributed by atoms with E-state index in [1.54, 1.807) is 13.0 Å². The fraction of sp³-hybridized carbons (Fsp3) is 0.462. The van der Waals surface area contributed by atoms with Gasteiger partial charge in [0, 0.05) is 12.8 Å². The van der Waals surface area contributed by atoms with Crippen LogP contribution in [0.3, 0.4) is 0 Å². The first-order valence-corrected chi connectivity index (χ1v) is 5.51. The Morgan fingerprint density at radius 2 is 1.88 bits per heavy atom. The first-order chi connectivity index (χ1) is 7.49. The summed E-state index contributed by atoms with van der Waals surface area (Å²) in [7, 11) is 0. The summed E-state index contributed by atoms with van der Waals surface area (Å²) >= 11 is 0. The van der Waals surface area contributed by atoms with Gasteiger partial charge in [-0.3, -0.25) is 4.79 Å². The predicted octanol–water partition coefficient (Wildman–Crippen LogP) is 2.46. The monoisotopic (exact) mass is 222 g/mol. The lowest BCUT2D eigenvalue weighted by Gasteiger charge is -2.32. The van der Waals surface area contributed by atoms with Crippen LogP contribution in [-0.2, 0) is 10.4 Å². The second-order valence-electron chi connectivity index (χ2n) is 4.59. The summed E-state index contributed by atoms with van der Waals surface area (Å²) in [4.78, 5) is 11.1. The van der Waals surface area contributed by atoms with Gasteiger partial charge in [0.1, 0.15) is 11.6 Å². The van der Waals surface area contributed by atoms with Crippen molar-refractivity contribution in [2.24, 2.45) is 0 Å². The van der Waals surface area contributed by atoms with Gasteiger partial charge in [-0.2, -0.15) is 0 Å². The van der Waals surface area contributed by atoms with E-state index in [-0.39, 0.29) is 11.6 Å². The van der Waals surface area contributed by atoms with E-state index in [1.807, 2.05) is 0 Å². The van der Waals surface area contributed by atoms with Crippen LogP contribution in [0.15, 0.2) is 18.2 Å². The van der Waals surface area contributed by atoms with E-state index in [1.165, 1.54) is 12.1 Å². The minimum Gasteiger partial charge on any atom is -0.385 e. The Hall–Kier alpha value is -1.22. The molecule has 1 aromatic carbocycles. The number of rotatable bonds is 1. The standard InChI is InChI=1S/C13H15FO2/c1-9-6-10(8-11(14)7-9)13(16)4-2-12(15)3-5-13/h6-8,16H,2-5H2,1H3. The number of carbonyl (C=O) groups excluding carboxylic acids is 1. The summed E-state index contributed by atoms with van der Waals surface area (Å²) in [5.41, 5.74) is 0.360. The van der Waals surface area contributed by atoms with Crippen molar-refractivity contribution in [2.75, 3.05) is 0 Å². The normalized spacial score (nSPS) is 19.8. The molecule has 0 heterocycles. The van der Waals surface area contributed by atoms with Crippen LogP contribution < -0.4 is 0 Å². The molecule has 3 heteroatoms. The van der Waals surface area contributed by atoms with Gasteiger partial charge in [-0.05, 0) is 43.0 Å². The van der Waals surface area contributed by atoms with E-state index < -0.39 is 5.60 Å². The molecular weight excluding hydrogens is 207 g/mol. The summed E-state index contributed by atoms with van der Waals surface area (Å²) in [6, 6.07) is 4.59. The minimum absolute atomic E-state index is 0.179. The molecule has 0 saturated heterocycles. The van der Waals surface area contributed by atoms with Gasteiger partial charge in [0.15, 0.2) is 0 Å². The summed E-state index contributed by atoms with van der Waals surface area (Å²) in [5.74, 6) is -0.155. The molecule has 16 heavy (non-hydrogen) atoms. The highest BCUT2D eigenvalue weighted by Gasteiger charge is 2.34. The van der Waals surface area contributed by atoms with Gasteiger partial charge < -0.3 is 5.11 Å². The number of hydrogen-bond donors (Lipinski definition) is 1. The number of halogens is 1. The summed E-state index contributed by atoms with van der Waals surface area (Å²) in [6.45, 7) is 1.80. The lowest BCUT2D eigenvalue weighted by atomic mass is 9.79. The third-order valence-electron chi connectivity index (χ3n) is 3.21. The third kappa shape index (κ3) is 2.14. The number of Topliss-reactive ketones (excluding diaryl/α,β-unsaturated/α-hetero) is 1. The molecule has 1 aliphatic rings. The van der Waals surface area contributed by atoms with Gasteiger partial charge in [0.25, 0.3) is 0 Å². The molecular formula is C13H15FO2. The van der Waals surface area contributed by atoms with Gasteiger partial charge in [0.2, 0.25) is 0 Å². The van der Waals surface area contributed by atoms with E-state index in [9.17, 15) is 14.3 Å². The number of aliphatic hydroxyl groups is 1. The Morgan fingerprint density at radius 3 is 2.44 bits per heavy atom.